The second-order valence-corrected chi connectivity index (χ2v) is 9.07. The molecule has 0 unspecified atom stereocenters. The van der Waals surface area contributed by atoms with Crippen molar-refractivity contribution < 1.29 is 22.0 Å². The molecule has 6 nitrogen and oxygen atoms in total. The molecule has 2 aromatic carbocycles. The highest BCUT2D eigenvalue weighted by Crippen LogP contribution is 2.22. The van der Waals surface area contributed by atoms with Crippen LogP contribution in [0.1, 0.15) is 11.5 Å². The maximum atomic E-state index is 14.4. The normalized spacial score (nSPS) is 20.8. The quantitative estimate of drug-likeness (QED) is 0.629. The van der Waals surface area contributed by atoms with Gasteiger partial charge in [0.15, 0.2) is 15.4 Å². The molecule has 2 atom stereocenters. The van der Waals surface area contributed by atoms with Crippen LogP contribution >= 0.6 is 0 Å². The standard InChI is InChI=1S/C20H21FN2O4S/c1-28(24,25)15-8-6-14(7-9-15)10-23-11-16(21)19(12-23)26-13-20-22-17-4-2-3-5-18(17)27-20/h2-9,16,19H,10-13H2,1H3/t16-,19+/m1/s1. The summed E-state index contributed by atoms with van der Waals surface area (Å²) < 4.78 is 48.7. The van der Waals surface area contributed by atoms with Crippen LogP contribution in [0.25, 0.3) is 11.1 Å². The molecular formula is C20H21FN2O4S. The van der Waals surface area contributed by atoms with Gasteiger partial charge >= 0.3 is 0 Å². The predicted molar refractivity (Wildman–Crippen MR) is 102 cm³/mol. The van der Waals surface area contributed by atoms with Gasteiger partial charge in [0.2, 0.25) is 5.89 Å². The molecule has 0 aliphatic carbocycles. The van der Waals surface area contributed by atoms with Crippen LogP contribution in [0, 0.1) is 0 Å². The summed E-state index contributed by atoms with van der Waals surface area (Å²) in [6, 6.07) is 14.1. The summed E-state index contributed by atoms with van der Waals surface area (Å²) in [7, 11) is -3.22. The number of hydrogen-bond acceptors (Lipinski definition) is 6. The Balaban J connectivity index is 1.34. The topological polar surface area (TPSA) is 72.6 Å². The van der Waals surface area contributed by atoms with Crippen LogP contribution in [0.4, 0.5) is 4.39 Å². The summed E-state index contributed by atoms with van der Waals surface area (Å²) in [6.45, 7) is 1.38. The van der Waals surface area contributed by atoms with Gasteiger partial charge in [-0.25, -0.2) is 17.8 Å². The van der Waals surface area contributed by atoms with Crippen molar-refractivity contribution in [3.8, 4) is 0 Å². The van der Waals surface area contributed by atoms with E-state index >= 15 is 0 Å². The number of para-hydroxylation sites is 2. The number of nitrogens with zero attached hydrogens (tertiary/aromatic N) is 2. The highest BCUT2D eigenvalue weighted by Gasteiger charge is 2.33. The lowest BCUT2D eigenvalue weighted by Crippen LogP contribution is -2.24. The van der Waals surface area contributed by atoms with E-state index in [9.17, 15) is 12.8 Å². The second kappa shape index (κ2) is 7.62. The number of rotatable bonds is 6. The Morgan fingerprint density at radius 1 is 1.18 bits per heavy atom. The fraction of sp³-hybridized carbons (Fsp3) is 0.350. The Morgan fingerprint density at radius 2 is 1.93 bits per heavy atom. The molecule has 0 radical (unpaired) electrons. The smallest absolute Gasteiger partial charge is 0.221 e. The van der Waals surface area contributed by atoms with Crippen molar-refractivity contribution >= 4 is 20.9 Å². The molecule has 1 aliphatic heterocycles. The second-order valence-electron chi connectivity index (χ2n) is 7.05. The minimum atomic E-state index is -3.22. The monoisotopic (exact) mass is 404 g/mol. The molecule has 0 spiro atoms. The Kier molecular flexibility index (Phi) is 5.18. The van der Waals surface area contributed by atoms with E-state index in [1.54, 1.807) is 24.3 Å². The van der Waals surface area contributed by atoms with Crippen molar-refractivity contribution in [2.45, 2.75) is 30.3 Å². The number of aromatic nitrogens is 1. The SMILES string of the molecule is CS(=O)(=O)c1ccc(CN2C[C@@H](F)[C@@H](OCc3nc4ccccc4o3)C2)cc1. The first-order chi connectivity index (χ1) is 13.4. The highest BCUT2D eigenvalue weighted by atomic mass is 32.2. The fourth-order valence-corrected chi connectivity index (χ4v) is 3.98. The number of sulfone groups is 1. The van der Waals surface area contributed by atoms with Gasteiger partial charge in [0.05, 0.1) is 4.90 Å². The average Bonchev–Trinajstić information content (AvgIpc) is 3.22. The van der Waals surface area contributed by atoms with E-state index in [1.165, 1.54) is 6.26 Å². The minimum absolute atomic E-state index is 0.122. The molecule has 4 rings (SSSR count). The van der Waals surface area contributed by atoms with Crippen molar-refractivity contribution in [1.29, 1.82) is 0 Å². The third-order valence-electron chi connectivity index (χ3n) is 4.79. The zero-order valence-corrected chi connectivity index (χ0v) is 16.2. The number of halogens is 1. The lowest BCUT2D eigenvalue weighted by atomic mass is 10.2. The number of ether oxygens (including phenoxy) is 1. The number of alkyl halides is 1. The van der Waals surface area contributed by atoms with Crippen LogP contribution in [0.3, 0.4) is 0 Å². The Hall–Kier alpha value is -2.29. The maximum Gasteiger partial charge on any atom is 0.221 e. The van der Waals surface area contributed by atoms with E-state index in [0.717, 1.165) is 11.1 Å². The summed E-state index contributed by atoms with van der Waals surface area (Å²) in [5, 5.41) is 0. The van der Waals surface area contributed by atoms with E-state index in [-0.39, 0.29) is 18.0 Å². The molecule has 0 N–H and O–H groups in total. The molecule has 8 heteroatoms. The van der Waals surface area contributed by atoms with Crippen LogP contribution in [0.5, 0.6) is 0 Å². The third-order valence-corrected chi connectivity index (χ3v) is 5.92. The lowest BCUT2D eigenvalue weighted by Gasteiger charge is -2.15. The van der Waals surface area contributed by atoms with Crippen LogP contribution in [0.2, 0.25) is 0 Å². The third kappa shape index (κ3) is 4.24. The summed E-state index contributed by atoms with van der Waals surface area (Å²) in [4.78, 5) is 6.57. The van der Waals surface area contributed by atoms with Crippen molar-refractivity contribution in [2.75, 3.05) is 19.3 Å². The van der Waals surface area contributed by atoms with Crippen molar-refractivity contribution in [3.05, 3.63) is 60.0 Å². The van der Waals surface area contributed by atoms with E-state index < -0.39 is 22.1 Å². The summed E-state index contributed by atoms with van der Waals surface area (Å²) in [5.74, 6) is 0.434. The van der Waals surface area contributed by atoms with Crippen LogP contribution in [0.15, 0.2) is 57.8 Å². The number of benzene rings is 2. The van der Waals surface area contributed by atoms with Gasteiger partial charge in [-0.1, -0.05) is 24.3 Å². The first kappa shape index (κ1) is 19.0. The molecule has 148 valence electrons. The minimum Gasteiger partial charge on any atom is -0.438 e. The van der Waals surface area contributed by atoms with Crippen molar-refractivity contribution in [3.63, 3.8) is 0 Å². The van der Waals surface area contributed by atoms with E-state index in [1.807, 2.05) is 29.2 Å². The van der Waals surface area contributed by atoms with Gasteiger partial charge in [-0.05, 0) is 29.8 Å². The summed E-state index contributed by atoms with van der Waals surface area (Å²) in [6.07, 6.45) is -0.473. The average molecular weight is 404 g/mol. The van der Waals surface area contributed by atoms with Crippen LogP contribution in [-0.2, 0) is 27.7 Å². The van der Waals surface area contributed by atoms with E-state index in [2.05, 4.69) is 4.98 Å². The van der Waals surface area contributed by atoms with E-state index in [4.69, 9.17) is 9.15 Å². The van der Waals surface area contributed by atoms with E-state index in [0.29, 0.717) is 24.6 Å². The molecular weight excluding hydrogens is 383 g/mol. The van der Waals surface area contributed by atoms with Crippen LogP contribution < -0.4 is 0 Å². The van der Waals surface area contributed by atoms with Gasteiger partial charge in [0.25, 0.3) is 0 Å². The van der Waals surface area contributed by atoms with Gasteiger partial charge in [-0.2, -0.15) is 0 Å². The van der Waals surface area contributed by atoms with Gasteiger partial charge in [0, 0.05) is 25.9 Å². The maximum absolute atomic E-state index is 14.4. The van der Waals surface area contributed by atoms with Gasteiger partial charge < -0.3 is 9.15 Å². The summed E-state index contributed by atoms with van der Waals surface area (Å²) in [5.41, 5.74) is 2.37. The fourth-order valence-electron chi connectivity index (χ4n) is 3.35. The highest BCUT2D eigenvalue weighted by molar-refractivity contribution is 7.90. The Morgan fingerprint density at radius 3 is 2.64 bits per heavy atom. The predicted octanol–water partition coefficient (Wildman–Crippen LogP) is 2.97. The zero-order chi connectivity index (χ0) is 19.7. The number of likely N-dealkylation sites (tertiary alicyclic amines) is 1. The molecule has 1 fully saturated rings. The molecule has 3 aromatic rings. The molecule has 0 amide bonds. The zero-order valence-electron chi connectivity index (χ0n) is 15.4. The Labute approximate surface area is 162 Å². The molecule has 0 bridgehead atoms. The number of fused-ring (bicyclic) bond motifs is 1. The first-order valence-electron chi connectivity index (χ1n) is 9.00. The van der Waals surface area contributed by atoms with Crippen molar-refractivity contribution in [1.82, 2.24) is 9.88 Å². The van der Waals surface area contributed by atoms with Crippen LogP contribution in [-0.4, -0.2) is 49.9 Å². The van der Waals surface area contributed by atoms with Gasteiger partial charge in [0.1, 0.15) is 24.4 Å². The molecule has 1 saturated heterocycles. The van der Waals surface area contributed by atoms with Gasteiger partial charge in [-0.15, -0.1) is 0 Å². The largest absolute Gasteiger partial charge is 0.438 e. The Bertz CT molecular complexity index is 1030. The lowest BCUT2D eigenvalue weighted by molar-refractivity contribution is 0.00239. The molecule has 1 aromatic heterocycles. The first-order valence-corrected chi connectivity index (χ1v) is 10.9. The van der Waals surface area contributed by atoms with Crippen molar-refractivity contribution in [2.24, 2.45) is 0 Å². The molecule has 0 saturated carbocycles. The molecule has 28 heavy (non-hydrogen) atoms. The number of hydrogen-bond donors (Lipinski definition) is 0. The summed E-state index contributed by atoms with van der Waals surface area (Å²) >= 11 is 0. The van der Waals surface area contributed by atoms with Gasteiger partial charge in [-0.3, -0.25) is 4.90 Å². The molecule has 2 heterocycles. The molecule has 1 aliphatic rings. The number of oxazole rings is 1.